The summed E-state index contributed by atoms with van der Waals surface area (Å²) in [5.41, 5.74) is 0. The highest BCUT2D eigenvalue weighted by atomic mass is 17.1. The summed E-state index contributed by atoms with van der Waals surface area (Å²) in [5, 5.41) is 14.5. The molecule has 0 aromatic carbocycles. The fourth-order valence-corrected chi connectivity index (χ4v) is 0. The minimum Gasteiger partial charge on any atom is -0.368 e. The Morgan fingerprint density at radius 2 is 2.00 bits per heavy atom. The van der Waals surface area contributed by atoms with Gasteiger partial charge in [-0.1, -0.05) is 0 Å². The first-order chi connectivity index (χ1) is 1.91. The Morgan fingerprint density at radius 3 is 2.00 bits per heavy atom. The molecule has 0 aliphatic rings. The highest BCUT2D eigenvalue weighted by Gasteiger charge is 1.54. The Balaban J connectivity index is 1.97. The van der Waals surface area contributed by atoms with Crippen molar-refractivity contribution in [1.82, 2.24) is 0 Å². The van der Waals surface area contributed by atoms with Crippen molar-refractivity contribution >= 4 is 0 Å². The van der Waals surface area contributed by atoms with Crippen LogP contribution in [0.5, 0.6) is 0 Å². The minimum absolute atomic E-state index is 0.625. The second-order valence-electron chi connectivity index (χ2n) is 0.258. The third-order valence-corrected chi connectivity index (χ3v) is 0.0577. The van der Waals surface area contributed by atoms with Crippen molar-refractivity contribution in [3.63, 3.8) is 0 Å². The summed E-state index contributed by atoms with van der Waals surface area (Å²) in [5.74, 6) is 0. The summed E-state index contributed by atoms with van der Waals surface area (Å²) in [4.78, 5) is 3.10. The van der Waals surface area contributed by atoms with Gasteiger partial charge in [-0.2, -0.15) is 0 Å². The first-order valence-corrected chi connectivity index (χ1v) is 0.787. The number of aliphatic hydroxyl groups excluding tert-OH is 1. The van der Waals surface area contributed by atoms with Crippen molar-refractivity contribution < 1.29 is 15.3 Å². The first kappa shape index (κ1) is 3.88. The third kappa shape index (κ3) is 1.88. The molecule has 0 saturated carbocycles. The number of hydrogen-bond donors (Lipinski definition) is 2. The molecule has 4 heavy (non-hydrogen) atoms. The molecule has 0 aliphatic heterocycles. The molecule has 0 amide bonds. The SMILES string of the molecule is OCOO. The van der Waals surface area contributed by atoms with E-state index in [2.05, 4.69) is 4.89 Å². The molecule has 0 fully saturated rings. The Morgan fingerprint density at radius 1 is 1.75 bits per heavy atom. The molecule has 0 aliphatic carbocycles. The predicted molar refractivity (Wildman–Crippen MR) is 10.8 cm³/mol. The second-order valence-corrected chi connectivity index (χ2v) is 0.258. The quantitative estimate of drug-likeness (QED) is 0.244. The minimum atomic E-state index is -0.625. The first-order valence-electron chi connectivity index (χ1n) is 0.787. The largest absolute Gasteiger partial charge is 0.368 e. The average Bonchev–Trinajstić information content (AvgIpc) is 1.37. The van der Waals surface area contributed by atoms with Crippen LogP contribution < -0.4 is 0 Å². The van der Waals surface area contributed by atoms with Gasteiger partial charge in [0.1, 0.15) is 0 Å². The summed E-state index contributed by atoms with van der Waals surface area (Å²) in [6.45, 7) is -0.625. The zero-order valence-electron chi connectivity index (χ0n) is 2.01. The number of hydrogen-bond acceptors (Lipinski definition) is 3. The second kappa shape index (κ2) is 2.88. The van der Waals surface area contributed by atoms with Gasteiger partial charge in [-0.3, -0.25) is 0 Å². The fraction of sp³-hybridized carbons (Fsp3) is 1.00. The third-order valence-electron chi connectivity index (χ3n) is 0.0577. The molecule has 0 spiro atoms. The zero-order valence-corrected chi connectivity index (χ0v) is 2.01. The Bertz CT molecular complexity index is 5.25. The summed E-state index contributed by atoms with van der Waals surface area (Å²) in [6, 6.07) is 0. The van der Waals surface area contributed by atoms with E-state index < -0.39 is 6.79 Å². The molecule has 0 aromatic rings. The van der Waals surface area contributed by atoms with Gasteiger partial charge in [0, 0.05) is 0 Å². The van der Waals surface area contributed by atoms with Gasteiger partial charge in [-0.05, 0) is 0 Å². The number of rotatable bonds is 1. The molecule has 0 rings (SSSR count). The van der Waals surface area contributed by atoms with Gasteiger partial charge in [0.25, 0.3) is 0 Å². The Labute approximate surface area is 23.4 Å². The van der Waals surface area contributed by atoms with E-state index in [1.165, 1.54) is 0 Å². The van der Waals surface area contributed by atoms with Crippen LogP contribution in [0.4, 0.5) is 0 Å². The van der Waals surface area contributed by atoms with Crippen molar-refractivity contribution in [3.05, 3.63) is 0 Å². The smallest absolute Gasteiger partial charge is 0.177 e. The van der Waals surface area contributed by atoms with Crippen molar-refractivity contribution in [2.24, 2.45) is 0 Å². The highest BCUT2D eigenvalue weighted by Crippen LogP contribution is 1.44. The van der Waals surface area contributed by atoms with Crippen LogP contribution in [0.15, 0.2) is 0 Å². The molecule has 2 N–H and O–H groups in total. The van der Waals surface area contributed by atoms with Crippen LogP contribution in [0.25, 0.3) is 0 Å². The molecule has 3 heteroatoms. The highest BCUT2D eigenvalue weighted by molar-refractivity contribution is 3.58. The molecule has 3 nitrogen and oxygen atoms in total. The van der Waals surface area contributed by atoms with E-state index in [0.29, 0.717) is 0 Å². The lowest BCUT2D eigenvalue weighted by atomic mass is 11.5. The molecule has 0 atom stereocenters. The molecule has 0 unspecified atom stereocenters. The lowest BCUT2D eigenvalue weighted by Crippen LogP contribution is -1.80. The van der Waals surface area contributed by atoms with Gasteiger partial charge in [0.2, 0.25) is 0 Å². The molecule has 0 heterocycles. The average molecular weight is 64.0 g/mol. The van der Waals surface area contributed by atoms with Crippen molar-refractivity contribution in [2.45, 2.75) is 0 Å². The van der Waals surface area contributed by atoms with E-state index in [-0.39, 0.29) is 0 Å². The molecule has 0 bridgehead atoms. The van der Waals surface area contributed by atoms with Gasteiger partial charge in [0.05, 0.1) is 0 Å². The lowest BCUT2D eigenvalue weighted by Gasteiger charge is -1.73. The Kier molecular flexibility index (Phi) is 2.79. The van der Waals surface area contributed by atoms with Crippen molar-refractivity contribution in [1.29, 1.82) is 0 Å². The monoisotopic (exact) mass is 64.0 g/mol. The molecular formula is CH4O3. The maximum Gasteiger partial charge on any atom is 0.177 e. The number of aliphatic hydroxyl groups is 1. The topological polar surface area (TPSA) is 49.7 Å². The van der Waals surface area contributed by atoms with Crippen LogP contribution in [0, 0.1) is 0 Å². The fourth-order valence-electron chi connectivity index (χ4n) is 0. The summed E-state index contributed by atoms with van der Waals surface area (Å²) in [6.07, 6.45) is 0. The van der Waals surface area contributed by atoms with Gasteiger partial charge >= 0.3 is 0 Å². The predicted octanol–water partition coefficient (Wildman–Crippen LogP) is -0.574. The van der Waals surface area contributed by atoms with Crippen LogP contribution >= 0.6 is 0 Å². The summed E-state index contributed by atoms with van der Waals surface area (Å²) < 4.78 is 0. The van der Waals surface area contributed by atoms with Gasteiger partial charge in [0.15, 0.2) is 6.79 Å². The summed E-state index contributed by atoms with van der Waals surface area (Å²) >= 11 is 0. The van der Waals surface area contributed by atoms with Crippen LogP contribution in [0.3, 0.4) is 0 Å². The van der Waals surface area contributed by atoms with Crippen LogP contribution in [-0.2, 0) is 4.89 Å². The molecule has 26 valence electrons. The van der Waals surface area contributed by atoms with Gasteiger partial charge < -0.3 is 5.11 Å². The standard InChI is InChI=1S/CH4O3/c2-1-4-3/h2-3H,1H2. The van der Waals surface area contributed by atoms with Gasteiger partial charge in [-0.25, -0.2) is 10.1 Å². The molecular weight excluding hydrogens is 60.0 g/mol. The summed E-state index contributed by atoms with van der Waals surface area (Å²) in [7, 11) is 0. The molecule has 0 aromatic heterocycles. The maximum atomic E-state index is 7.40. The molecule has 0 radical (unpaired) electrons. The van der Waals surface area contributed by atoms with Crippen LogP contribution in [0.2, 0.25) is 0 Å². The van der Waals surface area contributed by atoms with E-state index in [1.54, 1.807) is 0 Å². The van der Waals surface area contributed by atoms with Gasteiger partial charge in [-0.15, -0.1) is 0 Å². The van der Waals surface area contributed by atoms with E-state index in [1.807, 2.05) is 0 Å². The van der Waals surface area contributed by atoms with E-state index in [0.717, 1.165) is 0 Å². The Hall–Kier alpha value is -0.120. The van der Waals surface area contributed by atoms with E-state index in [4.69, 9.17) is 10.4 Å². The lowest BCUT2D eigenvalue weighted by molar-refractivity contribution is -0.285. The van der Waals surface area contributed by atoms with Crippen LogP contribution in [-0.4, -0.2) is 17.2 Å². The normalized spacial score (nSPS) is 7.50. The maximum absolute atomic E-state index is 7.40. The molecule has 0 saturated heterocycles. The van der Waals surface area contributed by atoms with E-state index >= 15 is 0 Å². The zero-order chi connectivity index (χ0) is 3.41. The van der Waals surface area contributed by atoms with Crippen molar-refractivity contribution in [3.8, 4) is 0 Å². The van der Waals surface area contributed by atoms with Crippen LogP contribution in [0.1, 0.15) is 0 Å². The van der Waals surface area contributed by atoms with Crippen molar-refractivity contribution in [2.75, 3.05) is 6.79 Å². The van der Waals surface area contributed by atoms with E-state index in [9.17, 15) is 0 Å².